The summed E-state index contributed by atoms with van der Waals surface area (Å²) in [5.41, 5.74) is 4.02. The molecule has 0 amide bonds. The molecule has 0 saturated carbocycles. The predicted octanol–water partition coefficient (Wildman–Crippen LogP) is 3.67. The van der Waals surface area contributed by atoms with E-state index in [0.29, 0.717) is 5.69 Å². The topological polar surface area (TPSA) is 22.0 Å². The van der Waals surface area contributed by atoms with Crippen LogP contribution in [0.5, 0.6) is 0 Å². The second-order valence-corrected chi connectivity index (χ2v) is 4.61. The van der Waals surface area contributed by atoms with Crippen LogP contribution in [-0.4, -0.2) is 10.9 Å². The molecule has 2 nitrogen and oxygen atoms in total. The van der Waals surface area contributed by atoms with Gasteiger partial charge in [-0.3, -0.25) is 4.79 Å². The molecule has 3 heteroatoms. The highest BCUT2D eigenvalue weighted by Gasteiger charge is 2.06. The van der Waals surface area contributed by atoms with Crippen LogP contribution in [0.1, 0.15) is 21.6 Å². The Labute approximate surface area is 103 Å². The van der Waals surface area contributed by atoms with Gasteiger partial charge in [-0.2, -0.15) is 0 Å². The number of hydrogen-bond donors (Lipinski definition) is 0. The summed E-state index contributed by atoms with van der Waals surface area (Å²) < 4.78 is 3.01. The number of nitrogens with zero attached hydrogens (tertiary/aromatic N) is 1. The third kappa shape index (κ3) is 1.83. The molecule has 16 heavy (non-hydrogen) atoms. The number of benzene rings is 1. The molecule has 82 valence electrons. The van der Waals surface area contributed by atoms with Crippen molar-refractivity contribution in [1.29, 1.82) is 0 Å². The van der Waals surface area contributed by atoms with Crippen LogP contribution in [-0.2, 0) is 0 Å². The zero-order chi connectivity index (χ0) is 11.7. The Hall–Kier alpha value is -1.35. The molecule has 2 rings (SSSR count). The first-order valence-electron chi connectivity index (χ1n) is 5.03. The Morgan fingerprint density at radius 2 is 1.88 bits per heavy atom. The summed E-state index contributed by atoms with van der Waals surface area (Å²) in [6, 6.07) is 7.80. The SMILES string of the molecule is Cc1cc(-n2cccc2C=O)cc(C)c1Br. The fraction of sp³-hybridized carbons (Fsp3) is 0.154. The average Bonchev–Trinajstić information content (AvgIpc) is 2.73. The summed E-state index contributed by atoms with van der Waals surface area (Å²) in [6.45, 7) is 4.09. The van der Waals surface area contributed by atoms with Crippen LogP contribution in [0, 0.1) is 13.8 Å². The average molecular weight is 278 g/mol. The van der Waals surface area contributed by atoms with Crippen LogP contribution in [0.25, 0.3) is 5.69 Å². The molecule has 0 aliphatic carbocycles. The Bertz CT molecular complexity index is 520. The van der Waals surface area contributed by atoms with E-state index in [1.807, 2.05) is 30.7 Å². The number of aryl methyl sites for hydroxylation is 2. The standard InChI is InChI=1S/C13H12BrNO/c1-9-6-12(7-10(2)13(9)14)15-5-3-4-11(15)8-16/h3-8H,1-2H3. The third-order valence-electron chi connectivity index (χ3n) is 2.60. The molecule has 1 aromatic heterocycles. The van der Waals surface area contributed by atoms with Crippen LogP contribution in [0.3, 0.4) is 0 Å². The number of halogens is 1. The first kappa shape index (κ1) is 11.1. The van der Waals surface area contributed by atoms with Crippen molar-refractivity contribution in [1.82, 2.24) is 4.57 Å². The highest BCUT2D eigenvalue weighted by atomic mass is 79.9. The van der Waals surface area contributed by atoms with Gasteiger partial charge in [-0.1, -0.05) is 15.9 Å². The van der Waals surface area contributed by atoms with Crippen LogP contribution >= 0.6 is 15.9 Å². The van der Waals surface area contributed by atoms with E-state index in [4.69, 9.17) is 0 Å². The van der Waals surface area contributed by atoms with Crippen molar-refractivity contribution in [2.24, 2.45) is 0 Å². The Kier molecular flexibility index (Phi) is 2.97. The van der Waals surface area contributed by atoms with E-state index < -0.39 is 0 Å². The summed E-state index contributed by atoms with van der Waals surface area (Å²) in [4.78, 5) is 10.9. The molecular weight excluding hydrogens is 266 g/mol. The number of aromatic nitrogens is 1. The molecule has 0 bridgehead atoms. The zero-order valence-electron chi connectivity index (χ0n) is 9.20. The number of hydrogen-bond acceptors (Lipinski definition) is 1. The fourth-order valence-electron chi connectivity index (χ4n) is 1.79. The fourth-order valence-corrected chi connectivity index (χ4v) is 2.02. The number of rotatable bonds is 2. The van der Waals surface area contributed by atoms with Crippen LogP contribution < -0.4 is 0 Å². The minimum atomic E-state index is 0.668. The highest BCUT2D eigenvalue weighted by Crippen LogP contribution is 2.25. The Balaban J connectivity index is 2.61. The largest absolute Gasteiger partial charge is 0.314 e. The normalized spacial score (nSPS) is 10.4. The lowest BCUT2D eigenvalue weighted by molar-refractivity contribution is 0.111. The molecule has 0 saturated heterocycles. The molecule has 0 N–H and O–H groups in total. The van der Waals surface area contributed by atoms with E-state index >= 15 is 0 Å². The Morgan fingerprint density at radius 3 is 2.44 bits per heavy atom. The van der Waals surface area contributed by atoms with Crippen molar-refractivity contribution >= 4 is 22.2 Å². The van der Waals surface area contributed by atoms with Gasteiger partial charge in [-0.15, -0.1) is 0 Å². The highest BCUT2D eigenvalue weighted by molar-refractivity contribution is 9.10. The molecule has 0 radical (unpaired) electrons. The number of aldehydes is 1. The van der Waals surface area contributed by atoms with Gasteiger partial charge < -0.3 is 4.57 Å². The molecule has 0 unspecified atom stereocenters. The smallest absolute Gasteiger partial charge is 0.166 e. The van der Waals surface area contributed by atoms with E-state index in [1.165, 1.54) is 11.1 Å². The minimum Gasteiger partial charge on any atom is -0.314 e. The molecule has 0 spiro atoms. The predicted molar refractivity (Wildman–Crippen MR) is 68.3 cm³/mol. The van der Waals surface area contributed by atoms with E-state index in [2.05, 4.69) is 28.1 Å². The quantitative estimate of drug-likeness (QED) is 0.768. The summed E-state index contributed by atoms with van der Waals surface area (Å²) in [7, 11) is 0. The maximum atomic E-state index is 10.9. The molecular formula is C13H12BrNO. The van der Waals surface area contributed by atoms with Gasteiger partial charge >= 0.3 is 0 Å². The van der Waals surface area contributed by atoms with Crippen LogP contribution in [0.4, 0.5) is 0 Å². The van der Waals surface area contributed by atoms with E-state index in [1.54, 1.807) is 6.07 Å². The van der Waals surface area contributed by atoms with Gasteiger partial charge in [0.2, 0.25) is 0 Å². The maximum Gasteiger partial charge on any atom is 0.166 e. The minimum absolute atomic E-state index is 0.668. The van der Waals surface area contributed by atoms with Gasteiger partial charge in [0.1, 0.15) is 0 Å². The van der Waals surface area contributed by atoms with E-state index in [9.17, 15) is 4.79 Å². The molecule has 0 fully saturated rings. The molecule has 0 aliphatic heterocycles. The summed E-state index contributed by atoms with van der Waals surface area (Å²) in [5, 5.41) is 0. The zero-order valence-corrected chi connectivity index (χ0v) is 10.8. The summed E-state index contributed by atoms with van der Waals surface area (Å²) >= 11 is 3.53. The molecule has 1 aromatic carbocycles. The second-order valence-electron chi connectivity index (χ2n) is 3.81. The lowest BCUT2D eigenvalue weighted by Gasteiger charge is -2.10. The van der Waals surface area contributed by atoms with Crippen molar-refractivity contribution in [3.05, 3.63) is 51.8 Å². The van der Waals surface area contributed by atoms with Gasteiger partial charge in [-0.05, 0) is 49.2 Å². The Morgan fingerprint density at radius 1 is 1.25 bits per heavy atom. The maximum absolute atomic E-state index is 10.9. The third-order valence-corrected chi connectivity index (χ3v) is 3.85. The van der Waals surface area contributed by atoms with Crippen LogP contribution in [0.2, 0.25) is 0 Å². The van der Waals surface area contributed by atoms with E-state index in [0.717, 1.165) is 16.4 Å². The van der Waals surface area contributed by atoms with Gasteiger partial charge in [0.15, 0.2) is 6.29 Å². The lowest BCUT2D eigenvalue weighted by atomic mass is 10.1. The van der Waals surface area contributed by atoms with Crippen molar-refractivity contribution < 1.29 is 4.79 Å². The molecule has 0 aliphatic rings. The van der Waals surface area contributed by atoms with E-state index in [-0.39, 0.29) is 0 Å². The summed E-state index contributed by atoms with van der Waals surface area (Å²) in [6.07, 6.45) is 2.76. The van der Waals surface area contributed by atoms with Crippen molar-refractivity contribution in [2.45, 2.75) is 13.8 Å². The van der Waals surface area contributed by atoms with Gasteiger partial charge in [-0.25, -0.2) is 0 Å². The van der Waals surface area contributed by atoms with Crippen LogP contribution in [0.15, 0.2) is 34.9 Å². The van der Waals surface area contributed by atoms with Gasteiger partial charge in [0.25, 0.3) is 0 Å². The first-order valence-corrected chi connectivity index (χ1v) is 5.82. The number of carbonyl (C=O) groups excluding carboxylic acids is 1. The monoisotopic (exact) mass is 277 g/mol. The second kappa shape index (κ2) is 4.26. The molecule has 0 atom stereocenters. The van der Waals surface area contributed by atoms with Gasteiger partial charge in [0, 0.05) is 16.4 Å². The molecule has 1 heterocycles. The van der Waals surface area contributed by atoms with Gasteiger partial charge in [0.05, 0.1) is 5.69 Å². The van der Waals surface area contributed by atoms with Crippen molar-refractivity contribution in [3.63, 3.8) is 0 Å². The summed E-state index contributed by atoms with van der Waals surface area (Å²) in [5.74, 6) is 0. The molecule has 2 aromatic rings. The first-order chi connectivity index (χ1) is 7.63. The number of carbonyl (C=O) groups is 1. The van der Waals surface area contributed by atoms with Crippen molar-refractivity contribution in [3.8, 4) is 5.69 Å². The lowest BCUT2D eigenvalue weighted by Crippen LogP contribution is -1.99. The van der Waals surface area contributed by atoms with Crippen molar-refractivity contribution in [2.75, 3.05) is 0 Å².